The Bertz CT molecular complexity index is 1800. The highest BCUT2D eigenvalue weighted by Crippen LogP contribution is 2.75. The lowest BCUT2D eigenvalue weighted by Crippen LogP contribution is -2.69. The number of esters is 1. The zero-order valence-corrected chi connectivity index (χ0v) is 39.0. The molecule has 0 radical (unpaired) electrons. The molecule has 0 aromatic carbocycles. The lowest BCUT2D eigenvalue weighted by atomic mass is 9.34. The van der Waals surface area contributed by atoms with Crippen molar-refractivity contribution in [2.75, 3.05) is 19.8 Å². The Hall–Kier alpha value is -1.47. The predicted molar refractivity (Wildman–Crippen MR) is 227 cm³/mol. The number of aliphatic hydroxyl groups is 12. The Morgan fingerprint density at radius 3 is 1.80 bits per heavy atom. The van der Waals surface area contributed by atoms with Gasteiger partial charge in [-0.3, -0.25) is 4.79 Å². The lowest BCUT2D eigenvalue weighted by molar-refractivity contribution is -0.386. The van der Waals surface area contributed by atoms with E-state index in [1.54, 1.807) is 0 Å². The number of hydrogen-bond acceptors (Lipinski definition) is 19. The Labute approximate surface area is 385 Å². The van der Waals surface area contributed by atoms with Crippen LogP contribution in [0.4, 0.5) is 0 Å². The van der Waals surface area contributed by atoms with Crippen LogP contribution in [0.25, 0.3) is 0 Å². The van der Waals surface area contributed by atoms with Gasteiger partial charge in [0.2, 0.25) is 6.29 Å². The average molecular weight is 945 g/mol. The number of carbonyl (C=O) groups excluding carboxylic acids is 1. The Morgan fingerprint density at radius 1 is 0.636 bits per heavy atom. The summed E-state index contributed by atoms with van der Waals surface area (Å²) >= 11 is 0. The van der Waals surface area contributed by atoms with Crippen LogP contribution >= 0.6 is 0 Å². The fourth-order valence-electron chi connectivity index (χ4n) is 14.8. The van der Waals surface area contributed by atoms with Gasteiger partial charge in [0.25, 0.3) is 0 Å². The summed E-state index contributed by atoms with van der Waals surface area (Å²) < 4.78 is 36.3. The van der Waals surface area contributed by atoms with Gasteiger partial charge in [0.1, 0.15) is 78.7 Å². The molecule has 8 aliphatic rings. The highest BCUT2D eigenvalue weighted by atomic mass is 16.8. The summed E-state index contributed by atoms with van der Waals surface area (Å²) in [5, 5.41) is 128. The van der Waals surface area contributed by atoms with Gasteiger partial charge in [-0.15, -0.1) is 0 Å². The molecule has 378 valence electrons. The summed E-state index contributed by atoms with van der Waals surface area (Å²) in [5.74, 6) is -1.24. The molecule has 3 saturated heterocycles. The first-order valence-electron chi connectivity index (χ1n) is 24.0. The van der Waals surface area contributed by atoms with E-state index in [4.69, 9.17) is 28.4 Å². The topological polar surface area (TPSA) is 315 Å². The third kappa shape index (κ3) is 7.77. The molecule has 19 nitrogen and oxygen atoms in total. The summed E-state index contributed by atoms with van der Waals surface area (Å²) in [5.41, 5.74) is -2.79. The van der Waals surface area contributed by atoms with E-state index in [1.165, 1.54) is 0 Å². The van der Waals surface area contributed by atoms with Gasteiger partial charge in [0.05, 0.1) is 31.5 Å². The van der Waals surface area contributed by atoms with Gasteiger partial charge >= 0.3 is 5.97 Å². The quantitative estimate of drug-likeness (QED) is 0.0961. The molecule has 66 heavy (non-hydrogen) atoms. The molecule has 4 saturated carbocycles. The van der Waals surface area contributed by atoms with E-state index in [0.29, 0.717) is 44.9 Å². The van der Waals surface area contributed by atoms with Gasteiger partial charge in [-0.1, -0.05) is 52.7 Å². The van der Waals surface area contributed by atoms with Gasteiger partial charge in [0, 0.05) is 0 Å². The van der Waals surface area contributed by atoms with Crippen LogP contribution in [0.15, 0.2) is 11.6 Å². The number of ether oxygens (including phenoxy) is 6. The monoisotopic (exact) mass is 944 g/mol. The van der Waals surface area contributed by atoms with Crippen LogP contribution in [0.3, 0.4) is 0 Å². The van der Waals surface area contributed by atoms with Gasteiger partial charge in [-0.25, -0.2) is 0 Å². The van der Waals surface area contributed by atoms with Crippen LogP contribution in [0.2, 0.25) is 0 Å². The molecule has 5 aliphatic carbocycles. The van der Waals surface area contributed by atoms with Crippen molar-refractivity contribution >= 4 is 5.97 Å². The lowest BCUT2D eigenvalue weighted by Gasteiger charge is -2.71. The first-order chi connectivity index (χ1) is 30.9. The largest absolute Gasteiger partial charge is 0.432 e. The van der Waals surface area contributed by atoms with Gasteiger partial charge in [-0.05, 0) is 104 Å². The minimum absolute atomic E-state index is 0.0594. The predicted octanol–water partition coefficient (Wildman–Crippen LogP) is -1.13. The van der Waals surface area contributed by atoms with Crippen molar-refractivity contribution in [2.24, 2.45) is 44.8 Å². The molecule has 24 atom stereocenters. The van der Waals surface area contributed by atoms with E-state index in [2.05, 4.69) is 40.7 Å². The van der Waals surface area contributed by atoms with E-state index in [1.807, 2.05) is 6.92 Å². The minimum atomic E-state index is -1.81. The van der Waals surface area contributed by atoms with E-state index in [9.17, 15) is 66.1 Å². The average Bonchev–Trinajstić information content (AvgIpc) is 3.26. The highest BCUT2D eigenvalue weighted by molar-refractivity contribution is 5.80. The molecule has 12 N–H and O–H groups in total. The van der Waals surface area contributed by atoms with Crippen molar-refractivity contribution in [3.8, 4) is 0 Å². The first-order valence-corrected chi connectivity index (χ1v) is 24.0. The standard InChI is InChI=1S/C47H76O19/c1-42(2)14-15-47(41(60)65-39-36(59)33(56)30(53)24(19-49)62-39)22(16-42)21-8-9-26-43(3)11-7-12-46(6,27(43)10-13-44(26,4)45(21,5)17-28(47)51)66-40-37(34(57)31(54)25(20-50)63-40)64-38-35(58)32(55)29(52)23(18-48)61-38/h8,22-40,48-59H,7,9-20H2,1-6H3/t22?,23-,24-,25-,26?,27?,28?,29-,30-,31-,32+,33+,34+,35-,36-,37-,38+,39+,40+,43?,44?,45?,46?,47?/m1/s1. The molecular formula is C47H76O19. The molecule has 0 aromatic heterocycles. The molecule has 19 heteroatoms. The maximum absolute atomic E-state index is 14.7. The van der Waals surface area contributed by atoms with Crippen LogP contribution in [-0.4, -0.2) is 191 Å². The third-order valence-electron chi connectivity index (χ3n) is 18.9. The smallest absolute Gasteiger partial charge is 0.317 e. The Kier molecular flexibility index (Phi) is 13.9. The summed E-state index contributed by atoms with van der Waals surface area (Å²) in [4.78, 5) is 14.7. The van der Waals surface area contributed by atoms with E-state index in [-0.39, 0.29) is 29.1 Å². The second-order valence-electron chi connectivity index (χ2n) is 22.9. The molecule has 8 rings (SSSR count). The molecule has 7 fully saturated rings. The molecule has 9 unspecified atom stereocenters. The molecule has 3 heterocycles. The summed E-state index contributed by atoms with van der Waals surface area (Å²) in [6.07, 6.45) is -16.8. The number of fused-ring (bicyclic) bond motifs is 7. The second-order valence-corrected chi connectivity index (χ2v) is 22.9. The van der Waals surface area contributed by atoms with E-state index in [0.717, 1.165) is 18.4 Å². The summed E-state index contributed by atoms with van der Waals surface area (Å²) in [6, 6.07) is 0. The normalized spacial score (nSPS) is 54.8. The molecule has 0 aromatic rings. The minimum Gasteiger partial charge on any atom is -0.432 e. The number of aliphatic hydroxyl groups excluding tert-OH is 12. The number of allylic oxidation sites excluding steroid dienone is 2. The van der Waals surface area contributed by atoms with Crippen LogP contribution in [-0.2, 0) is 33.2 Å². The van der Waals surface area contributed by atoms with Crippen molar-refractivity contribution in [3.63, 3.8) is 0 Å². The van der Waals surface area contributed by atoms with E-state index >= 15 is 0 Å². The summed E-state index contributed by atoms with van der Waals surface area (Å²) in [6.45, 7) is 11.0. The fraction of sp³-hybridized carbons (Fsp3) is 0.936. The number of rotatable bonds is 9. The van der Waals surface area contributed by atoms with Gasteiger partial charge in [0.15, 0.2) is 12.6 Å². The molecule has 3 aliphatic heterocycles. The molecule has 0 amide bonds. The zero-order chi connectivity index (χ0) is 48.3. The van der Waals surface area contributed by atoms with Crippen LogP contribution in [0.1, 0.15) is 106 Å². The number of hydrogen-bond donors (Lipinski definition) is 12. The van der Waals surface area contributed by atoms with Crippen molar-refractivity contribution in [3.05, 3.63) is 11.6 Å². The summed E-state index contributed by atoms with van der Waals surface area (Å²) in [7, 11) is 0. The maximum atomic E-state index is 14.7. The van der Waals surface area contributed by atoms with E-state index < -0.39 is 152 Å². The SMILES string of the molecule is CC1(C)CCC2(C(=O)O[C@@H]3O[C@H](CO)[C@@H](O)[C@H](O)[C@H]3O)C(O)CC3(C)C(=CCC4C5(C)CCCC(C)(O[C@@H]6O[C@H](CO)[C@@H](O)[C@H](O)[C@H]6O[C@@H]6O[C@H](CO)[C@@H](O)[C@H](O)[C@H]6O)C5CCC43C)C2C1. The Morgan fingerprint density at radius 2 is 1.20 bits per heavy atom. The molecular weight excluding hydrogens is 868 g/mol. The fourth-order valence-corrected chi connectivity index (χ4v) is 14.8. The van der Waals surface area contributed by atoms with Gasteiger partial charge < -0.3 is 89.7 Å². The number of carbonyl (C=O) groups is 1. The van der Waals surface area contributed by atoms with Crippen LogP contribution in [0, 0.1) is 44.8 Å². The van der Waals surface area contributed by atoms with Crippen LogP contribution in [0.5, 0.6) is 0 Å². The third-order valence-corrected chi connectivity index (χ3v) is 18.9. The molecule has 0 bridgehead atoms. The van der Waals surface area contributed by atoms with Crippen molar-refractivity contribution in [1.82, 2.24) is 0 Å². The molecule has 0 spiro atoms. The highest BCUT2D eigenvalue weighted by Gasteiger charge is 2.72. The first kappa shape index (κ1) is 50.9. The van der Waals surface area contributed by atoms with Crippen molar-refractivity contribution in [2.45, 2.75) is 210 Å². The van der Waals surface area contributed by atoms with Crippen molar-refractivity contribution < 1.29 is 94.5 Å². The second kappa shape index (κ2) is 18.0. The van der Waals surface area contributed by atoms with Crippen molar-refractivity contribution in [1.29, 1.82) is 0 Å². The van der Waals surface area contributed by atoms with Gasteiger partial charge in [-0.2, -0.15) is 0 Å². The van der Waals surface area contributed by atoms with Crippen LogP contribution < -0.4 is 0 Å². The zero-order valence-electron chi connectivity index (χ0n) is 39.0. The Balaban J connectivity index is 1.09. The maximum Gasteiger partial charge on any atom is 0.317 e.